The summed E-state index contributed by atoms with van der Waals surface area (Å²) in [6.07, 6.45) is 6.66. The van der Waals surface area contributed by atoms with Crippen molar-refractivity contribution in [2.24, 2.45) is 0 Å². The third kappa shape index (κ3) is 4.39. The molecule has 31 heavy (non-hydrogen) atoms. The Hall–Kier alpha value is -2.25. The van der Waals surface area contributed by atoms with Crippen molar-refractivity contribution in [3.8, 4) is 0 Å². The van der Waals surface area contributed by atoms with Gasteiger partial charge < -0.3 is 5.32 Å². The van der Waals surface area contributed by atoms with Gasteiger partial charge in [-0.25, -0.2) is 12.8 Å². The van der Waals surface area contributed by atoms with Crippen LogP contribution in [0.5, 0.6) is 0 Å². The van der Waals surface area contributed by atoms with Crippen LogP contribution in [-0.2, 0) is 20.2 Å². The van der Waals surface area contributed by atoms with Crippen molar-refractivity contribution in [3.05, 3.63) is 59.9 Å². The van der Waals surface area contributed by atoms with E-state index in [-0.39, 0.29) is 16.6 Å². The molecule has 0 spiro atoms. The van der Waals surface area contributed by atoms with E-state index in [1.54, 1.807) is 40.7 Å². The van der Waals surface area contributed by atoms with Crippen molar-refractivity contribution in [1.82, 2.24) is 4.31 Å². The average molecular weight is 445 g/mol. The molecule has 1 saturated carbocycles. The first-order valence-electron chi connectivity index (χ1n) is 11.1. The Morgan fingerprint density at radius 3 is 2.26 bits per heavy atom. The molecule has 5 nitrogen and oxygen atoms in total. The van der Waals surface area contributed by atoms with Crippen LogP contribution in [0.3, 0.4) is 0 Å². The zero-order valence-corrected chi connectivity index (χ0v) is 18.5. The lowest BCUT2D eigenvalue weighted by Gasteiger charge is -2.29. The highest BCUT2D eigenvalue weighted by molar-refractivity contribution is 7.89. The third-order valence-corrected chi connectivity index (χ3v) is 8.47. The molecule has 0 aromatic heterocycles. The smallest absolute Gasteiger partial charge is 0.243 e. The summed E-state index contributed by atoms with van der Waals surface area (Å²) in [6, 6.07) is 12.8. The number of hydrogen-bond donors (Lipinski definition) is 1. The summed E-state index contributed by atoms with van der Waals surface area (Å²) in [7, 11) is -3.61. The van der Waals surface area contributed by atoms with Crippen LogP contribution in [-0.4, -0.2) is 31.7 Å². The maximum Gasteiger partial charge on any atom is 0.243 e. The number of nitrogens with one attached hydrogen (secondary N) is 1. The van der Waals surface area contributed by atoms with Crippen LogP contribution in [0.2, 0.25) is 0 Å². The molecule has 0 atom stereocenters. The fourth-order valence-corrected chi connectivity index (χ4v) is 6.43. The molecule has 1 amide bonds. The first kappa shape index (κ1) is 22.0. The SMILES string of the molecule is O=C(Nc1cccc(S(=O)(=O)N2CCCCCC2)c1)C1(c2ccccc2F)CCCC1. The molecule has 1 N–H and O–H groups in total. The van der Waals surface area contributed by atoms with E-state index in [1.807, 2.05) is 0 Å². The van der Waals surface area contributed by atoms with Gasteiger partial charge in [-0.2, -0.15) is 4.31 Å². The lowest BCUT2D eigenvalue weighted by molar-refractivity contribution is -0.121. The van der Waals surface area contributed by atoms with Crippen molar-refractivity contribution in [1.29, 1.82) is 0 Å². The second-order valence-corrected chi connectivity index (χ2v) is 10.5. The van der Waals surface area contributed by atoms with Crippen molar-refractivity contribution >= 4 is 21.6 Å². The molecule has 0 bridgehead atoms. The van der Waals surface area contributed by atoms with Crippen LogP contribution in [0.15, 0.2) is 53.4 Å². The van der Waals surface area contributed by atoms with Crippen molar-refractivity contribution < 1.29 is 17.6 Å². The van der Waals surface area contributed by atoms with Gasteiger partial charge in [-0.15, -0.1) is 0 Å². The highest BCUT2D eigenvalue weighted by Crippen LogP contribution is 2.43. The van der Waals surface area contributed by atoms with Crippen LogP contribution in [0.1, 0.15) is 56.9 Å². The molecule has 1 saturated heterocycles. The highest BCUT2D eigenvalue weighted by atomic mass is 32.2. The Balaban J connectivity index is 1.60. The number of sulfonamides is 1. The Labute approximate surface area is 183 Å². The lowest BCUT2D eigenvalue weighted by Crippen LogP contribution is -2.38. The maximum absolute atomic E-state index is 14.6. The number of amides is 1. The second kappa shape index (κ2) is 9.09. The number of anilines is 1. The fraction of sp³-hybridized carbons (Fsp3) is 0.458. The zero-order valence-electron chi connectivity index (χ0n) is 17.6. The molecule has 4 rings (SSSR count). The average Bonchev–Trinajstić information content (AvgIpc) is 3.09. The Morgan fingerprint density at radius 2 is 1.58 bits per heavy atom. The molecular formula is C24H29FN2O3S. The molecule has 0 radical (unpaired) electrons. The van der Waals surface area contributed by atoms with Gasteiger partial charge >= 0.3 is 0 Å². The van der Waals surface area contributed by atoms with E-state index in [4.69, 9.17) is 0 Å². The van der Waals surface area contributed by atoms with Crippen molar-refractivity contribution in [3.63, 3.8) is 0 Å². The second-order valence-electron chi connectivity index (χ2n) is 8.57. The van der Waals surface area contributed by atoms with Gasteiger partial charge in [0.05, 0.1) is 10.3 Å². The van der Waals surface area contributed by atoms with Gasteiger partial charge in [0.2, 0.25) is 15.9 Å². The van der Waals surface area contributed by atoms with Crippen molar-refractivity contribution in [2.75, 3.05) is 18.4 Å². The summed E-state index contributed by atoms with van der Waals surface area (Å²) in [6.45, 7) is 1.05. The van der Waals surface area contributed by atoms with Crippen LogP contribution < -0.4 is 5.32 Å². The summed E-state index contributed by atoms with van der Waals surface area (Å²) in [4.78, 5) is 13.5. The number of hydrogen-bond acceptors (Lipinski definition) is 3. The summed E-state index contributed by atoms with van der Waals surface area (Å²) >= 11 is 0. The largest absolute Gasteiger partial charge is 0.325 e. The number of nitrogens with zero attached hydrogens (tertiary/aromatic N) is 1. The summed E-state index contributed by atoms with van der Waals surface area (Å²) < 4.78 is 42.4. The molecule has 2 fully saturated rings. The van der Waals surface area contributed by atoms with E-state index in [1.165, 1.54) is 12.1 Å². The van der Waals surface area contributed by atoms with Crippen LogP contribution in [0, 0.1) is 5.82 Å². The Bertz CT molecular complexity index is 1040. The minimum absolute atomic E-state index is 0.179. The first-order chi connectivity index (χ1) is 14.9. The van der Waals surface area contributed by atoms with E-state index >= 15 is 0 Å². The predicted octanol–water partition coefficient (Wildman–Crippen LogP) is 4.84. The molecule has 166 valence electrons. The monoisotopic (exact) mass is 444 g/mol. The highest BCUT2D eigenvalue weighted by Gasteiger charge is 2.44. The van der Waals surface area contributed by atoms with E-state index in [2.05, 4.69) is 5.32 Å². The van der Waals surface area contributed by atoms with Gasteiger partial charge in [-0.1, -0.05) is 49.9 Å². The standard InChI is InChI=1S/C24H29FN2O3S/c25-22-13-4-3-12-21(22)24(14-5-6-15-24)23(28)26-19-10-9-11-20(18-19)31(29,30)27-16-7-1-2-8-17-27/h3-4,9-13,18H,1-2,5-8,14-17H2,(H,26,28). The van der Waals surface area contributed by atoms with Gasteiger partial charge in [0.15, 0.2) is 0 Å². The van der Waals surface area contributed by atoms with Gasteiger partial charge in [-0.05, 0) is 49.9 Å². The van der Waals surface area contributed by atoms with E-state index < -0.39 is 15.4 Å². The van der Waals surface area contributed by atoms with Gasteiger partial charge in [0.25, 0.3) is 0 Å². The number of rotatable bonds is 5. The molecule has 2 aromatic carbocycles. The minimum atomic E-state index is -3.61. The molecule has 1 aliphatic carbocycles. The first-order valence-corrected chi connectivity index (χ1v) is 12.5. The maximum atomic E-state index is 14.6. The third-order valence-electron chi connectivity index (χ3n) is 6.58. The van der Waals surface area contributed by atoms with Gasteiger partial charge in [-0.3, -0.25) is 4.79 Å². The number of benzene rings is 2. The predicted molar refractivity (Wildman–Crippen MR) is 119 cm³/mol. The van der Waals surface area contributed by atoms with E-state index in [0.717, 1.165) is 38.5 Å². The Morgan fingerprint density at radius 1 is 0.903 bits per heavy atom. The molecule has 2 aliphatic rings. The van der Waals surface area contributed by atoms with E-state index in [0.29, 0.717) is 37.2 Å². The van der Waals surface area contributed by atoms with Crippen molar-refractivity contribution in [2.45, 2.75) is 61.7 Å². The normalized spacial score (nSPS) is 19.6. The quantitative estimate of drug-likeness (QED) is 0.718. The molecule has 7 heteroatoms. The number of carbonyl (C=O) groups is 1. The van der Waals surface area contributed by atoms with Crippen LogP contribution in [0.4, 0.5) is 10.1 Å². The van der Waals surface area contributed by atoms with Crippen LogP contribution in [0.25, 0.3) is 0 Å². The minimum Gasteiger partial charge on any atom is -0.325 e. The van der Waals surface area contributed by atoms with Gasteiger partial charge in [0.1, 0.15) is 5.82 Å². The molecular weight excluding hydrogens is 415 g/mol. The number of halogens is 1. The van der Waals surface area contributed by atoms with E-state index in [9.17, 15) is 17.6 Å². The summed E-state index contributed by atoms with van der Waals surface area (Å²) in [5.41, 5.74) is -0.0905. The Kier molecular flexibility index (Phi) is 6.44. The summed E-state index contributed by atoms with van der Waals surface area (Å²) in [5.74, 6) is -0.656. The topological polar surface area (TPSA) is 66.5 Å². The molecule has 0 unspecified atom stereocenters. The van der Waals surface area contributed by atoms with Gasteiger partial charge in [0, 0.05) is 24.3 Å². The number of carbonyl (C=O) groups excluding carboxylic acids is 1. The molecule has 1 heterocycles. The summed E-state index contributed by atoms with van der Waals surface area (Å²) in [5, 5.41) is 2.89. The zero-order chi connectivity index (χ0) is 21.9. The van der Waals surface area contributed by atoms with Crippen LogP contribution >= 0.6 is 0 Å². The molecule has 2 aromatic rings. The fourth-order valence-electron chi connectivity index (χ4n) is 4.86. The lowest BCUT2D eigenvalue weighted by atomic mass is 9.77. The molecule has 1 aliphatic heterocycles.